The fraction of sp³-hybridized carbons (Fsp3) is 0.318. The van der Waals surface area contributed by atoms with Gasteiger partial charge in [-0.1, -0.05) is 12.1 Å². The largest absolute Gasteiger partial charge is 0.477 e. The van der Waals surface area contributed by atoms with Gasteiger partial charge < -0.3 is 25.6 Å². The molecule has 0 aliphatic carbocycles. The van der Waals surface area contributed by atoms with Crippen molar-refractivity contribution in [2.24, 2.45) is 0 Å². The van der Waals surface area contributed by atoms with Gasteiger partial charge in [0.1, 0.15) is 11.8 Å². The van der Waals surface area contributed by atoms with Gasteiger partial charge >= 0.3 is 0 Å². The van der Waals surface area contributed by atoms with Crippen molar-refractivity contribution in [3.05, 3.63) is 48.3 Å². The van der Waals surface area contributed by atoms with Gasteiger partial charge in [0.05, 0.1) is 48.8 Å². The minimum Gasteiger partial charge on any atom is -0.477 e. The van der Waals surface area contributed by atoms with Crippen molar-refractivity contribution in [2.45, 2.75) is 24.5 Å². The molecule has 0 radical (unpaired) electrons. The lowest BCUT2D eigenvalue weighted by Gasteiger charge is -2.26. The molecule has 2 aliphatic rings. The Morgan fingerprint density at radius 1 is 1.29 bits per heavy atom. The molecule has 0 bridgehead atoms. The molecule has 3 N–H and O–H groups in total. The zero-order valence-corrected chi connectivity index (χ0v) is 17.8. The van der Waals surface area contributed by atoms with Crippen molar-refractivity contribution in [1.82, 2.24) is 15.2 Å². The SMILES string of the molecule is N#CC1CC(F)(F)CN1C(=O)CNC(=O)c1ccncc1NC(=O)C1CNc2ccccc2O1. The summed E-state index contributed by atoms with van der Waals surface area (Å²) in [6.07, 6.45) is 0.985. The van der Waals surface area contributed by atoms with Crippen LogP contribution in [0.15, 0.2) is 42.7 Å². The molecule has 1 aromatic heterocycles. The maximum absolute atomic E-state index is 13.6. The van der Waals surface area contributed by atoms with E-state index in [1.807, 2.05) is 12.1 Å². The first kappa shape index (κ1) is 22.9. The molecule has 0 spiro atoms. The smallest absolute Gasteiger partial charge is 0.268 e. The number of benzene rings is 1. The van der Waals surface area contributed by atoms with Crippen molar-refractivity contribution in [1.29, 1.82) is 5.26 Å². The molecule has 0 saturated carbocycles. The number of hydrogen-bond acceptors (Lipinski definition) is 7. The monoisotopic (exact) mass is 470 g/mol. The summed E-state index contributed by atoms with van der Waals surface area (Å²) in [6, 6.07) is 8.89. The lowest BCUT2D eigenvalue weighted by molar-refractivity contribution is -0.131. The number of likely N-dealkylation sites (tertiary alicyclic amines) is 1. The normalized spacial score (nSPS) is 20.2. The number of hydrogen-bond donors (Lipinski definition) is 3. The highest BCUT2D eigenvalue weighted by atomic mass is 19.3. The van der Waals surface area contributed by atoms with E-state index in [1.165, 1.54) is 18.5 Å². The van der Waals surface area contributed by atoms with Gasteiger partial charge in [0.25, 0.3) is 17.7 Å². The predicted molar refractivity (Wildman–Crippen MR) is 115 cm³/mol. The molecule has 34 heavy (non-hydrogen) atoms. The molecule has 176 valence electrons. The molecule has 2 atom stereocenters. The summed E-state index contributed by atoms with van der Waals surface area (Å²) in [5.74, 6) is -4.69. The Morgan fingerprint density at radius 2 is 2.09 bits per heavy atom. The van der Waals surface area contributed by atoms with Crippen LogP contribution in [0.5, 0.6) is 5.75 Å². The summed E-state index contributed by atoms with van der Waals surface area (Å²) in [5, 5.41) is 17.1. The first-order valence-electron chi connectivity index (χ1n) is 10.4. The Balaban J connectivity index is 1.38. The fourth-order valence-corrected chi connectivity index (χ4v) is 3.71. The average Bonchev–Trinajstić information content (AvgIpc) is 3.17. The van der Waals surface area contributed by atoms with E-state index < -0.39 is 55.3 Å². The standard InChI is InChI=1S/C22H20F2N6O4/c23-22(24)7-13(8-25)30(12-22)19(31)11-28-20(32)14-5-6-26-9-16(14)29-21(33)18-10-27-15-3-1-2-4-17(15)34-18/h1-6,9,13,18,27H,7,10-12H2,(H,28,32)(H,29,33). The Morgan fingerprint density at radius 3 is 2.88 bits per heavy atom. The number of ether oxygens (including phenoxy) is 1. The van der Waals surface area contributed by atoms with Crippen LogP contribution >= 0.6 is 0 Å². The zero-order chi connectivity index (χ0) is 24.3. The number of aromatic nitrogens is 1. The molecule has 2 aliphatic heterocycles. The second-order valence-electron chi connectivity index (χ2n) is 7.80. The summed E-state index contributed by atoms with van der Waals surface area (Å²) in [4.78, 5) is 42.4. The molecule has 2 aromatic rings. The Hall–Kier alpha value is -4.27. The third kappa shape index (κ3) is 4.88. The molecule has 4 rings (SSSR count). The maximum Gasteiger partial charge on any atom is 0.268 e. The van der Waals surface area contributed by atoms with Crippen molar-refractivity contribution in [3.63, 3.8) is 0 Å². The summed E-state index contributed by atoms with van der Waals surface area (Å²) in [7, 11) is 0. The molecular weight excluding hydrogens is 450 g/mol. The number of nitrogens with one attached hydrogen (secondary N) is 3. The maximum atomic E-state index is 13.6. The summed E-state index contributed by atoms with van der Waals surface area (Å²) < 4.78 is 32.8. The van der Waals surface area contributed by atoms with Gasteiger partial charge in [0.2, 0.25) is 5.91 Å². The van der Waals surface area contributed by atoms with Crippen LogP contribution in [0, 0.1) is 11.3 Å². The second-order valence-corrected chi connectivity index (χ2v) is 7.80. The van der Waals surface area contributed by atoms with E-state index in [9.17, 15) is 23.2 Å². The minimum absolute atomic E-state index is 0.0175. The number of nitrogens with zero attached hydrogens (tertiary/aromatic N) is 3. The highest BCUT2D eigenvalue weighted by molar-refractivity contribution is 6.05. The second kappa shape index (κ2) is 9.30. The van der Waals surface area contributed by atoms with Gasteiger partial charge in [0, 0.05) is 12.6 Å². The number of halogens is 2. The van der Waals surface area contributed by atoms with Crippen molar-refractivity contribution in [2.75, 3.05) is 30.3 Å². The first-order chi connectivity index (χ1) is 16.3. The lowest BCUT2D eigenvalue weighted by atomic mass is 10.2. The van der Waals surface area contributed by atoms with Crippen LogP contribution < -0.4 is 20.7 Å². The Bertz CT molecular complexity index is 1170. The third-order valence-corrected chi connectivity index (χ3v) is 5.39. The molecule has 3 amide bonds. The van der Waals surface area contributed by atoms with Crippen molar-refractivity contribution < 1.29 is 27.9 Å². The van der Waals surface area contributed by atoms with Crippen LogP contribution in [0.2, 0.25) is 0 Å². The third-order valence-electron chi connectivity index (χ3n) is 5.39. The van der Waals surface area contributed by atoms with Crippen molar-refractivity contribution in [3.8, 4) is 11.8 Å². The van der Waals surface area contributed by atoms with E-state index >= 15 is 0 Å². The molecule has 12 heteroatoms. The van der Waals surface area contributed by atoms with E-state index in [1.54, 1.807) is 18.2 Å². The number of carbonyl (C=O) groups excluding carboxylic acids is 3. The van der Waals surface area contributed by atoms with Crippen LogP contribution in [0.3, 0.4) is 0 Å². The van der Waals surface area contributed by atoms with Crippen LogP contribution in [0.4, 0.5) is 20.2 Å². The topological polar surface area (TPSA) is 136 Å². The van der Waals surface area contributed by atoms with Gasteiger partial charge in [-0.05, 0) is 18.2 Å². The van der Waals surface area contributed by atoms with E-state index in [0.717, 1.165) is 10.6 Å². The zero-order valence-electron chi connectivity index (χ0n) is 17.8. The molecular formula is C22H20F2N6O4. The van der Waals surface area contributed by atoms with Crippen LogP contribution in [0.25, 0.3) is 0 Å². The summed E-state index contributed by atoms with van der Waals surface area (Å²) in [6.45, 7) is -1.26. The number of nitriles is 1. The fourth-order valence-electron chi connectivity index (χ4n) is 3.71. The number of amides is 3. The number of para-hydroxylation sites is 2. The molecule has 1 fully saturated rings. The molecule has 10 nitrogen and oxygen atoms in total. The Kier molecular flexibility index (Phi) is 6.27. The van der Waals surface area contributed by atoms with Gasteiger partial charge in [-0.2, -0.15) is 5.26 Å². The van der Waals surface area contributed by atoms with E-state index in [2.05, 4.69) is 20.9 Å². The number of fused-ring (bicyclic) bond motifs is 1. The lowest BCUT2D eigenvalue weighted by Crippen LogP contribution is -2.43. The quantitative estimate of drug-likeness (QED) is 0.601. The molecule has 1 aromatic carbocycles. The first-order valence-corrected chi connectivity index (χ1v) is 10.4. The number of carbonyl (C=O) groups is 3. The highest BCUT2D eigenvalue weighted by Crippen LogP contribution is 2.31. The van der Waals surface area contributed by atoms with E-state index in [-0.39, 0.29) is 17.8 Å². The van der Waals surface area contributed by atoms with Gasteiger partial charge in [-0.25, -0.2) is 8.78 Å². The Labute approximate surface area is 192 Å². The van der Waals surface area contributed by atoms with Gasteiger partial charge in [-0.3, -0.25) is 19.4 Å². The number of anilines is 2. The van der Waals surface area contributed by atoms with Gasteiger partial charge in [0.15, 0.2) is 6.10 Å². The average molecular weight is 470 g/mol. The summed E-state index contributed by atoms with van der Waals surface area (Å²) in [5.41, 5.74) is 0.860. The summed E-state index contributed by atoms with van der Waals surface area (Å²) >= 11 is 0. The molecule has 2 unspecified atom stereocenters. The molecule has 1 saturated heterocycles. The van der Waals surface area contributed by atoms with Crippen LogP contribution in [-0.4, -0.2) is 65.3 Å². The molecule has 3 heterocycles. The minimum atomic E-state index is -3.15. The number of pyridine rings is 1. The number of alkyl halides is 2. The van der Waals surface area contributed by atoms with Crippen LogP contribution in [0.1, 0.15) is 16.8 Å². The van der Waals surface area contributed by atoms with Gasteiger partial charge in [-0.15, -0.1) is 0 Å². The van der Waals surface area contributed by atoms with Crippen LogP contribution in [-0.2, 0) is 9.59 Å². The number of rotatable bonds is 5. The van der Waals surface area contributed by atoms with E-state index in [0.29, 0.717) is 5.75 Å². The van der Waals surface area contributed by atoms with E-state index in [4.69, 9.17) is 10.00 Å². The predicted octanol–water partition coefficient (Wildman–Crippen LogP) is 1.38. The highest BCUT2D eigenvalue weighted by Gasteiger charge is 2.47. The van der Waals surface area contributed by atoms with Crippen molar-refractivity contribution >= 4 is 29.1 Å².